The summed E-state index contributed by atoms with van der Waals surface area (Å²) in [5.74, 6) is 5.44. The van der Waals surface area contributed by atoms with E-state index in [1.54, 1.807) is 21.9 Å². The average molecular weight is 779 g/mol. The molecule has 46 heavy (non-hydrogen) atoms. The first-order chi connectivity index (χ1) is 22.6. The number of allylic oxidation sites excluding steroid dienone is 2. The molecule has 5 aromatic rings. The van der Waals surface area contributed by atoms with Crippen molar-refractivity contribution in [2.45, 2.75) is 94.8 Å². The molecule has 0 bridgehead atoms. The monoisotopic (exact) mass is 779 g/mol. The molecule has 0 amide bonds. The van der Waals surface area contributed by atoms with Crippen molar-refractivity contribution >= 4 is 69.3 Å². The molecule has 0 aromatic heterocycles. The van der Waals surface area contributed by atoms with Gasteiger partial charge in [0.2, 0.25) is 0 Å². The van der Waals surface area contributed by atoms with Crippen LogP contribution in [0.1, 0.15) is 142 Å². The van der Waals surface area contributed by atoms with E-state index in [1.807, 2.05) is 82.7 Å². The van der Waals surface area contributed by atoms with Crippen molar-refractivity contribution in [1.29, 1.82) is 0 Å². The number of nitrogens with zero attached hydrogens (tertiary/aromatic N) is 1. The molecule has 11 aliphatic carbocycles. The van der Waals surface area contributed by atoms with Crippen LogP contribution in [0.2, 0.25) is 0 Å². The number of benzene rings is 5. The van der Waals surface area contributed by atoms with E-state index in [0.717, 1.165) is 61.3 Å². The molecule has 8 unspecified atom stereocenters. The number of anilines is 1. The Kier molecular flexibility index (Phi) is 3.12. The number of hydrogen-bond acceptors (Lipinski definition) is 1. The van der Waals surface area contributed by atoms with Gasteiger partial charge in [-0.15, -0.1) is 0 Å². The summed E-state index contributed by atoms with van der Waals surface area (Å²) in [4.78, 5) is 2.70. The third kappa shape index (κ3) is 1.76. The minimum atomic E-state index is 0.253. The number of para-hydroxylation sites is 1. The van der Waals surface area contributed by atoms with Crippen molar-refractivity contribution in [2.24, 2.45) is 0 Å². The molecular weight excluding hydrogens is 747 g/mol. The van der Waals surface area contributed by atoms with Gasteiger partial charge in [0, 0.05) is 0 Å². The average Bonchev–Trinajstić information content (AvgIpc) is 3.92. The Hall–Kier alpha value is -2.66. The van der Waals surface area contributed by atoms with Crippen molar-refractivity contribution in [3.8, 4) is 11.1 Å². The Labute approximate surface area is 284 Å². The fraction of sp³-hybridized carbons (Fsp3) is 0.409. The first-order valence-electron chi connectivity index (χ1n) is 18.6. The van der Waals surface area contributed by atoms with E-state index in [2.05, 4.69) is 48.4 Å². The van der Waals surface area contributed by atoms with Gasteiger partial charge in [0.25, 0.3) is 0 Å². The second kappa shape index (κ2) is 6.28. The maximum atomic E-state index is 2.82. The summed E-state index contributed by atoms with van der Waals surface area (Å²) in [5, 5.41) is 10.9. The summed E-state index contributed by atoms with van der Waals surface area (Å²) < 4.78 is 0.376. The molecule has 5 aromatic carbocycles. The van der Waals surface area contributed by atoms with Gasteiger partial charge in [-0.05, 0) is 0 Å². The van der Waals surface area contributed by atoms with E-state index >= 15 is 0 Å². The van der Waals surface area contributed by atoms with Gasteiger partial charge in [0.05, 0.1) is 0 Å². The van der Waals surface area contributed by atoms with Crippen LogP contribution in [0, 0.1) is 0 Å². The Morgan fingerprint density at radius 3 is 2.26 bits per heavy atom. The van der Waals surface area contributed by atoms with Crippen LogP contribution in [0.3, 0.4) is 0 Å². The van der Waals surface area contributed by atoms with Crippen LogP contribution in [0.15, 0.2) is 36.4 Å². The predicted octanol–water partition coefficient (Wildman–Crippen LogP) is 9.70. The second-order valence-corrected chi connectivity index (χ2v) is 21.8. The van der Waals surface area contributed by atoms with Crippen molar-refractivity contribution in [3.05, 3.63) is 92.0 Å². The van der Waals surface area contributed by atoms with Crippen LogP contribution < -0.4 is 4.90 Å². The Morgan fingerprint density at radius 2 is 1.39 bits per heavy atom. The second-order valence-electron chi connectivity index (χ2n) is 18.0. The molecule has 16 rings (SSSR count). The van der Waals surface area contributed by atoms with E-state index in [-0.39, 0.29) is 5.41 Å². The molecule has 1 nitrogen and oxygen atoms in total. The van der Waals surface area contributed by atoms with Crippen LogP contribution in [-0.2, 0) is 8.39 Å². The zero-order valence-electron chi connectivity index (χ0n) is 26.2. The molecule has 0 radical (unpaired) electrons. The van der Waals surface area contributed by atoms with Gasteiger partial charge >= 0.3 is 286 Å². The maximum absolute atomic E-state index is 2.82. The Morgan fingerprint density at radius 1 is 0.674 bits per heavy atom. The molecule has 0 aliphatic heterocycles. The molecule has 2 heteroatoms. The van der Waals surface area contributed by atoms with Crippen LogP contribution >= 0.6 is 0 Å². The summed E-state index contributed by atoms with van der Waals surface area (Å²) in [6.45, 7) is 1.19. The van der Waals surface area contributed by atoms with Crippen molar-refractivity contribution in [2.75, 3.05) is 18.5 Å². The molecule has 0 spiro atoms. The third-order valence-electron chi connectivity index (χ3n) is 17.1. The number of fused-ring (bicyclic) bond motifs is 4. The van der Waals surface area contributed by atoms with Gasteiger partial charge in [-0.1, -0.05) is 0 Å². The van der Waals surface area contributed by atoms with Gasteiger partial charge in [-0.3, -0.25) is 0 Å². The Balaban J connectivity index is 1.19. The number of likely N-dealkylation sites (N-methyl/N-ethyl adjacent to an activating group) is 1. The van der Waals surface area contributed by atoms with Crippen LogP contribution in [-0.4, -0.2) is 39.4 Å². The van der Waals surface area contributed by atoms with E-state index in [9.17, 15) is 0 Å². The number of hydrogen-bond donors (Lipinski definition) is 0. The van der Waals surface area contributed by atoms with E-state index < -0.39 is 0 Å². The quantitative estimate of drug-likeness (QED) is 0.128. The topological polar surface area (TPSA) is 3.24 Å². The van der Waals surface area contributed by atoms with E-state index in [1.165, 1.54) is 57.2 Å². The summed E-state index contributed by atoms with van der Waals surface area (Å²) in [5.41, 5.74) is 26.2. The third-order valence-corrected chi connectivity index (χ3v) is 21.3. The first kappa shape index (κ1) is 22.8. The fourth-order valence-corrected chi connectivity index (χ4v) is 20.1. The molecule has 0 N–H and O–H groups in total. The summed E-state index contributed by atoms with van der Waals surface area (Å²) in [6, 6.07) is 11.4. The van der Waals surface area contributed by atoms with Gasteiger partial charge < -0.3 is 0 Å². The molecule has 0 heterocycles. The molecule has 9 atom stereocenters. The summed E-state index contributed by atoms with van der Waals surface area (Å²) >= 11 is 0.956. The molecule has 0 fully saturated rings. The van der Waals surface area contributed by atoms with Crippen LogP contribution in [0.25, 0.3) is 49.0 Å². The predicted molar refractivity (Wildman–Crippen MR) is 186 cm³/mol. The van der Waals surface area contributed by atoms with E-state index in [0.29, 0.717) is 8.89 Å². The molecule has 0 saturated heterocycles. The molecule has 216 valence electrons. The van der Waals surface area contributed by atoms with Gasteiger partial charge in [-0.2, -0.15) is 0 Å². The van der Waals surface area contributed by atoms with Crippen molar-refractivity contribution in [3.63, 3.8) is 0 Å². The van der Waals surface area contributed by atoms with E-state index in [4.69, 9.17) is 0 Å². The van der Waals surface area contributed by atoms with Gasteiger partial charge in [-0.25, -0.2) is 0 Å². The normalized spacial score (nSPS) is 38.6. The van der Waals surface area contributed by atoms with Gasteiger partial charge in [0.15, 0.2) is 0 Å². The van der Waals surface area contributed by atoms with Crippen LogP contribution in [0.4, 0.5) is 5.69 Å². The zero-order chi connectivity index (χ0) is 29.1. The summed E-state index contributed by atoms with van der Waals surface area (Å²) in [7, 11) is 2.44. The van der Waals surface area contributed by atoms with Crippen LogP contribution in [0.5, 0.6) is 0 Å². The minimum absolute atomic E-state index is 0.253. The molecule has 11 aliphatic rings. The van der Waals surface area contributed by atoms with Crippen molar-refractivity contribution < 1.29 is 0 Å². The summed E-state index contributed by atoms with van der Waals surface area (Å²) in [6.07, 6.45) is 12.8. The van der Waals surface area contributed by atoms with Gasteiger partial charge in [0.1, 0.15) is 0 Å². The Bertz CT molecular complexity index is 2630. The zero-order valence-corrected chi connectivity index (χ0v) is 30.7. The SMILES string of the molecule is CN(CC12CC3CC4C5=CCC6c7c5c5c4c3c1c1c5c3c7c4c5c7c8c9c(c-1c73)[C]2([Tl])C[C@@H]9CC8C5CCC46)c1ccccc1. The number of rotatable bonds is 3. The molecular formula is C44H32NTl. The van der Waals surface area contributed by atoms with Crippen molar-refractivity contribution in [1.82, 2.24) is 0 Å². The fourth-order valence-electron chi connectivity index (χ4n) is 16.4. The molecule has 0 saturated carbocycles. The first-order valence-corrected chi connectivity index (χ1v) is 20.8. The standard InChI is InChI=1S/C44H32N.Tl/c1-45(18-5-3-2-4-6-18)15-44-14-17-12-24-22-10-8-20-19-7-9-21-23-11-16-13-25(44)34-26(16)32(23)36-30(21)28(19)35-29(20)31(22)37-33(24)27(17)43(44)42-38(34)39(36)40(35)41(37)42;/h2-6,10,16-17,19-21,23-24H,7-9,11-15H2,1H3;/t16-,17?,19?,20?,21?,23?,24?,44?;/m0./s1.